The van der Waals surface area contributed by atoms with Crippen molar-refractivity contribution >= 4 is 15.9 Å². The molecule has 1 N–H and O–H groups in total. The van der Waals surface area contributed by atoms with Crippen molar-refractivity contribution in [2.24, 2.45) is 0 Å². The minimum atomic E-state index is -3.66. The van der Waals surface area contributed by atoms with Gasteiger partial charge in [-0.05, 0) is 44.2 Å². The van der Waals surface area contributed by atoms with E-state index in [2.05, 4.69) is 14.9 Å². The van der Waals surface area contributed by atoms with Gasteiger partial charge in [0.1, 0.15) is 0 Å². The van der Waals surface area contributed by atoms with Crippen LogP contribution in [0.2, 0.25) is 0 Å². The number of nitrogens with zero attached hydrogens (tertiary/aromatic N) is 3. The van der Waals surface area contributed by atoms with Gasteiger partial charge in [-0.1, -0.05) is 36.6 Å². The molecule has 8 nitrogen and oxygen atoms in total. The van der Waals surface area contributed by atoms with E-state index in [0.717, 1.165) is 44.9 Å². The Bertz CT molecular complexity index is 990. The second kappa shape index (κ2) is 8.23. The van der Waals surface area contributed by atoms with Crippen LogP contribution >= 0.6 is 0 Å². The van der Waals surface area contributed by atoms with Crippen molar-refractivity contribution in [2.45, 2.75) is 62.8 Å². The summed E-state index contributed by atoms with van der Waals surface area (Å²) in [6.45, 7) is 3.14. The fraction of sp³-hybridized carbons (Fsp3) is 0.550. The summed E-state index contributed by atoms with van der Waals surface area (Å²) in [5.74, 6) is -0.131. The highest BCUT2D eigenvalue weighted by Gasteiger charge is 2.27. The molecule has 1 amide bonds. The average molecular weight is 419 g/mol. The van der Waals surface area contributed by atoms with E-state index in [-0.39, 0.29) is 28.6 Å². The predicted molar refractivity (Wildman–Crippen MR) is 107 cm³/mol. The number of sulfonamides is 1. The number of aryl methyl sites for hydroxylation is 1. The number of aromatic nitrogens is 2. The maximum Gasteiger partial charge on any atom is 0.316 e. The first-order chi connectivity index (χ1) is 13.9. The number of hydrogen-bond acceptors (Lipinski definition) is 6. The van der Waals surface area contributed by atoms with Crippen LogP contribution in [0, 0.1) is 6.92 Å². The molecule has 0 radical (unpaired) electrons. The summed E-state index contributed by atoms with van der Waals surface area (Å²) in [5.41, 5.74) is 1.15. The van der Waals surface area contributed by atoms with Crippen molar-refractivity contribution in [3.05, 3.63) is 29.7 Å². The Morgan fingerprint density at radius 2 is 1.86 bits per heavy atom. The summed E-state index contributed by atoms with van der Waals surface area (Å²) >= 11 is 0. The third kappa shape index (κ3) is 4.35. The number of amides is 1. The zero-order valence-electron chi connectivity index (χ0n) is 16.6. The van der Waals surface area contributed by atoms with Crippen LogP contribution in [0.5, 0.6) is 0 Å². The van der Waals surface area contributed by atoms with Crippen molar-refractivity contribution < 1.29 is 17.7 Å². The fourth-order valence-corrected chi connectivity index (χ4v) is 5.59. The van der Waals surface area contributed by atoms with Gasteiger partial charge in [-0.15, -0.1) is 0 Å². The lowest BCUT2D eigenvalue weighted by atomic mass is 9.96. The van der Waals surface area contributed by atoms with E-state index in [4.69, 9.17) is 4.52 Å². The van der Waals surface area contributed by atoms with Crippen molar-refractivity contribution in [3.8, 4) is 11.4 Å². The molecule has 2 heterocycles. The van der Waals surface area contributed by atoms with Gasteiger partial charge in [0, 0.05) is 24.7 Å². The number of rotatable bonds is 5. The molecule has 1 aromatic heterocycles. The third-order valence-corrected chi connectivity index (χ3v) is 7.33. The molecule has 0 unspecified atom stereocenters. The second-order valence-electron chi connectivity index (χ2n) is 7.86. The number of hydrogen-bond donors (Lipinski definition) is 1. The van der Waals surface area contributed by atoms with Crippen LogP contribution in [0.1, 0.15) is 61.2 Å². The summed E-state index contributed by atoms with van der Waals surface area (Å²) in [6.07, 6.45) is 6.92. The maximum atomic E-state index is 13.0. The predicted octanol–water partition coefficient (Wildman–Crippen LogP) is 2.89. The van der Waals surface area contributed by atoms with E-state index in [1.807, 2.05) is 0 Å². The maximum absolute atomic E-state index is 13.0. The number of carbonyl (C=O) groups is 1. The Hall–Kier alpha value is -2.26. The molecule has 1 saturated heterocycles. The summed E-state index contributed by atoms with van der Waals surface area (Å²) in [7, 11) is -3.66. The molecular weight excluding hydrogens is 392 g/mol. The molecule has 0 atom stereocenters. The summed E-state index contributed by atoms with van der Waals surface area (Å²) in [5, 5.41) is 3.90. The first-order valence-electron chi connectivity index (χ1n) is 10.2. The lowest BCUT2D eigenvalue weighted by Crippen LogP contribution is -2.36. The molecular formula is C20H26N4O4S. The number of carbonyl (C=O) groups excluding carboxylic acids is 1. The molecule has 9 heteroatoms. The molecule has 1 aliphatic carbocycles. The number of benzene rings is 1. The van der Waals surface area contributed by atoms with Gasteiger partial charge in [0.2, 0.25) is 15.8 Å². The molecule has 1 aromatic carbocycles. The van der Waals surface area contributed by atoms with E-state index in [9.17, 15) is 13.2 Å². The van der Waals surface area contributed by atoms with Gasteiger partial charge in [-0.3, -0.25) is 4.79 Å². The first-order valence-corrected chi connectivity index (χ1v) is 11.7. The molecule has 2 aliphatic rings. The quantitative estimate of drug-likeness (QED) is 0.800. The highest BCUT2D eigenvalue weighted by molar-refractivity contribution is 7.89. The molecule has 2 aromatic rings. The van der Waals surface area contributed by atoms with Gasteiger partial charge in [0.15, 0.2) is 0 Å². The lowest BCUT2D eigenvalue weighted by molar-refractivity contribution is 0.0743. The smallest absolute Gasteiger partial charge is 0.316 e. The Labute approximate surface area is 170 Å². The van der Waals surface area contributed by atoms with E-state index >= 15 is 0 Å². The molecule has 2 fully saturated rings. The van der Waals surface area contributed by atoms with Crippen LogP contribution in [0.4, 0.5) is 0 Å². The van der Waals surface area contributed by atoms with Gasteiger partial charge < -0.3 is 9.42 Å². The van der Waals surface area contributed by atoms with Gasteiger partial charge in [0.25, 0.3) is 0 Å². The van der Waals surface area contributed by atoms with Gasteiger partial charge >= 0.3 is 11.8 Å². The van der Waals surface area contributed by atoms with Crippen molar-refractivity contribution in [3.63, 3.8) is 0 Å². The third-order valence-electron chi connectivity index (χ3n) is 5.67. The van der Waals surface area contributed by atoms with Crippen LogP contribution in [-0.2, 0) is 10.0 Å². The standard InChI is InChI=1S/C20H26N4O4S/c1-14-9-10-15(13-17(14)29(26,27)23-16-7-3-2-4-8-16)18-21-19(28-22-18)20(25)24-11-5-6-12-24/h9-10,13,16,23H,2-8,11-12H2,1H3. The monoisotopic (exact) mass is 418 g/mol. The second-order valence-corrected chi connectivity index (χ2v) is 9.54. The van der Waals surface area contributed by atoms with Crippen molar-refractivity contribution in [1.29, 1.82) is 0 Å². The molecule has 156 valence electrons. The lowest BCUT2D eigenvalue weighted by Gasteiger charge is -2.23. The topological polar surface area (TPSA) is 105 Å². The van der Waals surface area contributed by atoms with Crippen molar-refractivity contribution in [1.82, 2.24) is 19.8 Å². The van der Waals surface area contributed by atoms with Crippen LogP contribution in [0.3, 0.4) is 0 Å². The molecule has 0 spiro atoms. The van der Waals surface area contributed by atoms with Crippen molar-refractivity contribution in [2.75, 3.05) is 13.1 Å². The normalized spacial score (nSPS) is 18.3. The Balaban J connectivity index is 1.57. The van der Waals surface area contributed by atoms with E-state index in [1.54, 1.807) is 30.0 Å². The number of likely N-dealkylation sites (tertiary alicyclic amines) is 1. The minimum Gasteiger partial charge on any atom is -0.334 e. The van der Waals surface area contributed by atoms with Crippen LogP contribution in [0.25, 0.3) is 11.4 Å². The van der Waals surface area contributed by atoms with E-state index in [1.165, 1.54) is 0 Å². The zero-order chi connectivity index (χ0) is 20.4. The molecule has 1 saturated carbocycles. The van der Waals surface area contributed by atoms with E-state index < -0.39 is 10.0 Å². The molecule has 4 rings (SSSR count). The van der Waals surface area contributed by atoms with Gasteiger partial charge in [0.05, 0.1) is 4.90 Å². The summed E-state index contributed by atoms with van der Waals surface area (Å²) < 4.78 is 33.9. The zero-order valence-corrected chi connectivity index (χ0v) is 17.4. The van der Waals surface area contributed by atoms with Gasteiger partial charge in [-0.2, -0.15) is 4.98 Å². The SMILES string of the molecule is Cc1ccc(-c2noc(C(=O)N3CCCC3)n2)cc1S(=O)(=O)NC1CCCCC1. The molecule has 1 aliphatic heterocycles. The van der Waals surface area contributed by atoms with Crippen LogP contribution < -0.4 is 4.72 Å². The van der Waals surface area contributed by atoms with Crippen LogP contribution in [-0.4, -0.2) is 48.5 Å². The average Bonchev–Trinajstić information content (AvgIpc) is 3.40. The molecule has 0 bridgehead atoms. The Morgan fingerprint density at radius 1 is 1.14 bits per heavy atom. The van der Waals surface area contributed by atoms with E-state index in [0.29, 0.717) is 24.2 Å². The van der Waals surface area contributed by atoms with Crippen LogP contribution in [0.15, 0.2) is 27.6 Å². The number of nitrogens with one attached hydrogen (secondary N) is 1. The first kappa shape index (κ1) is 20.0. The fourth-order valence-electron chi connectivity index (χ4n) is 4.02. The molecule has 29 heavy (non-hydrogen) atoms. The Kier molecular flexibility index (Phi) is 5.69. The highest BCUT2D eigenvalue weighted by atomic mass is 32.2. The summed E-state index contributed by atoms with van der Waals surface area (Å²) in [4.78, 5) is 18.5. The Morgan fingerprint density at radius 3 is 2.59 bits per heavy atom. The summed E-state index contributed by atoms with van der Waals surface area (Å²) in [6, 6.07) is 4.99. The largest absolute Gasteiger partial charge is 0.334 e. The highest BCUT2D eigenvalue weighted by Crippen LogP contribution is 2.26. The minimum absolute atomic E-state index is 0.0216. The van der Waals surface area contributed by atoms with Gasteiger partial charge in [-0.25, -0.2) is 13.1 Å².